The molecular weight excluding hydrogens is 122 g/mol. The molecule has 1 saturated carbocycles. The summed E-state index contributed by atoms with van der Waals surface area (Å²) < 4.78 is 0. The SMILES string of the molecule is CCCCCCC1(N)CC1. The van der Waals surface area contributed by atoms with Gasteiger partial charge in [0.1, 0.15) is 0 Å². The van der Waals surface area contributed by atoms with E-state index in [0.717, 1.165) is 0 Å². The summed E-state index contributed by atoms with van der Waals surface area (Å²) in [7, 11) is 0. The van der Waals surface area contributed by atoms with Crippen LogP contribution in [0.25, 0.3) is 0 Å². The Kier molecular flexibility index (Phi) is 2.72. The van der Waals surface area contributed by atoms with E-state index in [9.17, 15) is 0 Å². The maximum Gasteiger partial charge on any atom is 0.0155 e. The van der Waals surface area contributed by atoms with Crippen LogP contribution in [0.5, 0.6) is 0 Å². The molecule has 1 aliphatic carbocycles. The van der Waals surface area contributed by atoms with Crippen LogP contribution in [0.2, 0.25) is 0 Å². The van der Waals surface area contributed by atoms with Crippen molar-refractivity contribution in [2.45, 2.75) is 57.4 Å². The molecule has 0 radical (unpaired) electrons. The topological polar surface area (TPSA) is 26.0 Å². The van der Waals surface area contributed by atoms with Crippen molar-refractivity contribution in [2.75, 3.05) is 0 Å². The number of hydrogen-bond donors (Lipinski definition) is 1. The summed E-state index contributed by atoms with van der Waals surface area (Å²) in [6.07, 6.45) is 9.28. The summed E-state index contributed by atoms with van der Waals surface area (Å²) in [4.78, 5) is 0. The molecule has 1 rings (SSSR count). The Bertz CT molecular complexity index is 94.9. The molecule has 0 unspecified atom stereocenters. The quantitative estimate of drug-likeness (QED) is 0.585. The molecule has 1 fully saturated rings. The minimum Gasteiger partial charge on any atom is -0.325 e. The molecule has 0 atom stereocenters. The van der Waals surface area contributed by atoms with Crippen molar-refractivity contribution in [3.05, 3.63) is 0 Å². The Labute approximate surface area is 64.0 Å². The van der Waals surface area contributed by atoms with E-state index in [0.29, 0.717) is 5.54 Å². The Hall–Kier alpha value is -0.0400. The summed E-state index contributed by atoms with van der Waals surface area (Å²) >= 11 is 0. The van der Waals surface area contributed by atoms with E-state index in [4.69, 9.17) is 5.73 Å². The zero-order valence-electron chi connectivity index (χ0n) is 7.03. The van der Waals surface area contributed by atoms with E-state index in [2.05, 4.69) is 6.92 Å². The summed E-state index contributed by atoms with van der Waals surface area (Å²) in [6, 6.07) is 0. The van der Waals surface area contributed by atoms with Crippen LogP contribution in [0, 0.1) is 0 Å². The fourth-order valence-electron chi connectivity index (χ4n) is 1.31. The highest BCUT2D eigenvalue weighted by molar-refractivity contribution is 4.97. The molecular formula is C9H19N. The van der Waals surface area contributed by atoms with Gasteiger partial charge < -0.3 is 5.73 Å². The van der Waals surface area contributed by atoms with Crippen molar-refractivity contribution < 1.29 is 0 Å². The minimum absolute atomic E-state index is 0.299. The lowest BCUT2D eigenvalue weighted by molar-refractivity contribution is 0.540. The maximum absolute atomic E-state index is 5.93. The number of rotatable bonds is 5. The first kappa shape index (κ1) is 8.06. The summed E-state index contributed by atoms with van der Waals surface area (Å²) in [5.41, 5.74) is 6.23. The zero-order chi connectivity index (χ0) is 7.45. The first-order valence-corrected chi connectivity index (χ1v) is 4.56. The molecule has 0 bridgehead atoms. The van der Waals surface area contributed by atoms with Crippen LogP contribution >= 0.6 is 0 Å². The van der Waals surface area contributed by atoms with Gasteiger partial charge in [-0.1, -0.05) is 32.6 Å². The van der Waals surface area contributed by atoms with Crippen LogP contribution in [0.3, 0.4) is 0 Å². The number of hydrogen-bond acceptors (Lipinski definition) is 1. The summed E-state index contributed by atoms with van der Waals surface area (Å²) in [5, 5.41) is 0. The van der Waals surface area contributed by atoms with Crippen LogP contribution < -0.4 is 5.73 Å². The average molecular weight is 141 g/mol. The Balaban J connectivity index is 1.86. The van der Waals surface area contributed by atoms with E-state index < -0.39 is 0 Å². The standard InChI is InChI=1S/C9H19N/c1-2-3-4-5-6-9(10)7-8-9/h2-8,10H2,1H3. The average Bonchev–Trinajstić information content (AvgIpc) is 2.62. The van der Waals surface area contributed by atoms with Gasteiger partial charge >= 0.3 is 0 Å². The van der Waals surface area contributed by atoms with Crippen molar-refractivity contribution in [1.29, 1.82) is 0 Å². The highest BCUT2D eigenvalue weighted by Gasteiger charge is 2.36. The first-order chi connectivity index (χ1) is 4.77. The zero-order valence-corrected chi connectivity index (χ0v) is 7.03. The summed E-state index contributed by atoms with van der Waals surface area (Å²) in [5.74, 6) is 0. The third-order valence-electron chi connectivity index (χ3n) is 2.42. The molecule has 0 aromatic rings. The highest BCUT2D eigenvalue weighted by atomic mass is 14.8. The molecule has 0 aliphatic heterocycles. The minimum atomic E-state index is 0.299. The lowest BCUT2D eigenvalue weighted by atomic mass is 10.1. The molecule has 2 N–H and O–H groups in total. The Morgan fingerprint density at radius 3 is 2.40 bits per heavy atom. The van der Waals surface area contributed by atoms with Crippen molar-refractivity contribution in [3.8, 4) is 0 Å². The fourth-order valence-corrected chi connectivity index (χ4v) is 1.31. The van der Waals surface area contributed by atoms with Crippen LogP contribution in [-0.2, 0) is 0 Å². The van der Waals surface area contributed by atoms with Gasteiger partial charge in [0.05, 0.1) is 0 Å². The van der Waals surface area contributed by atoms with E-state index in [1.807, 2.05) is 0 Å². The normalized spacial score (nSPS) is 21.0. The number of nitrogens with two attached hydrogens (primary N) is 1. The van der Waals surface area contributed by atoms with E-state index in [1.165, 1.54) is 44.9 Å². The number of unbranched alkanes of at least 4 members (excludes halogenated alkanes) is 3. The predicted octanol–water partition coefficient (Wildman–Crippen LogP) is 2.45. The van der Waals surface area contributed by atoms with E-state index in [-0.39, 0.29) is 0 Å². The third-order valence-corrected chi connectivity index (χ3v) is 2.42. The molecule has 1 heteroatoms. The van der Waals surface area contributed by atoms with Gasteiger partial charge in [-0.05, 0) is 19.3 Å². The van der Waals surface area contributed by atoms with Gasteiger partial charge in [-0.3, -0.25) is 0 Å². The lowest BCUT2D eigenvalue weighted by Gasteiger charge is -2.06. The molecule has 0 heterocycles. The third kappa shape index (κ3) is 2.70. The van der Waals surface area contributed by atoms with Gasteiger partial charge in [-0.15, -0.1) is 0 Å². The molecule has 0 spiro atoms. The van der Waals surface area contributed by atoms with E-state index >= 15 is 0 Å². The van der Waals surface area contributed by atoms with Gasteiger partial charge in [0.25, 0.3) is 0 Å². The Morgan fingerprint density at radius 2 is 1.90 bits per heavy atom. The highest BCUT2D eigenvalue weighted by Crippen LogP contribution is 2.36. The van der Waals surface area contributed by atoms with Crippen molar-refractivity contribution in [1.82, 2.24) is 0 Å². The monoisotopic (exact) mass is 141 g/mol. The first-order valence-electron chi connectivity index (χ1n) is 4.56. The van der Waals surface area contributed by atoms with Gasteiger partial charge in [-0.25, -0.2) is 0 Å². The lowest BCUT2D eigenvalue weighted by Crippen LogP contribution is -2.20. The molecule has 0 amide bonds. The van der Waals surface area contributed by atoms with Crippen LogP contribution in [-0.4, -0.2) is 5.54 Å². The maximum atomic E-state index is 5.93. The van der Waals surface area contributed by atoms with Crippen molar-refractivity contribution >= 4 is 0 Å². The van der Waals surface area contributed by atoms with Crippen molar-refractivity contribution in [3.63, 3.8) is 0 Å². The second kappa shape index (κ2) is 3.38. The van der Waals surface area contributed by atoms with Crippen LogP contribution in [0.4, 0.5) is 0 Å². The fraction of sp³-hybridized carbons (Fsp3) is 1.00. The molecule has 1 aliphatic rings. The van der Waals surface area contributed by atoms with Gasteiger partial charge in [0.2, 0.25) is 0 Å². The van der Waals surface area contributed by atoms with Crippen LogP contribution in [0.1, 0.15) is 51.9 Å². The summed E-state index contributed by atoms with van der Waals surface area (Å²) in [6.45, 7) is 2.25. The molecule has 0 saturated heterocycles. The van der Waals surface area contributed by atoms with Gasteiger partial charge in [-0.2, -0.15) is 0 Å². The largest absolute Gasteiger partial charge is 0.325 e. The molecule has 1 nitrogen and oxygen atoms in total. The smallest absolute Gasteiger partial charge is 0.0155 e. The molecule has 0 aromatic heterocycles. The molecule has 0 aromatic carbocycles. The van der Waals surface area contributed by atoms with Crippen LogP contribution in [0.15, 0.2) is 0 Å². The van der Waals surface area contributed by atoms with Gasteiger partial charge in [0.15, 0.2) is 0 Å². The van der Waals surface area contributed by atoms with Gasteiger partial charge in [0, 0.05) is 5.54 Å². The second-order valence-corrected chi connectivity index (χ2v) is 3.67. The predicted molar refractivity (Wildman–Crippen MR) is 44.9 cm³/mol. The molecule has 10 heavy (non-hydrogen) atoms. The van der Waals surface area contributed by atoms with Crippen molar-refractivity contribution in [2.24, 2.45) is 5.73 Å². The second-order valence-electron chi connectivity index (χ2n) is 3.67. The molecule has 60 valence electrons. The Morgan fingerprint density at radius 1 is 1.20 bits per heavy atom. The van der Waals surface area contributed by atoms with E-state index in [1.54, 1.807) is 0 Å².